The Labute approximate surface area is 227 Å². The predicted molar refractivity (Wildman–Crippen MR) is 133 cm³/mol. The molecule has 0 aromatic carbocycles. The lowest BCUT2D eigenvalue weighted by atomic mass is 10.2. The molecule has 9 nitrogen and oxygen atoms in total. The predicted octanol–water partition coefficient (Wildman–Crippen LogP) is 4.84. The van der Waals surface area contributed by atoms with Crippen LogP contribution >= 0.6 is 0 Å². The molecule has 0 radical (unpaired) electrons. The molecule has 0 saturated heterocycles. The van der Waals surface area contributed by atoms with Crippen LogP contribution in [0.15, 0.2) is 24.4 Å². The highest BCUT2D eigenvalue weighted by Gasteiger charge is 2.48. The second-order valence-corrected chi connectivity index (χ2v) is 15.7. The lowest BCUT2D eigenvalue weighted by Crippen LogP contribution is -2.60. The van der Waals surface area contributed by atoms with Crippen LogP contribution in [0.5, 0.6) is 0 Å². The second kappa shape index (κ2) is 15.1. The number of rotatable bonds is 13. The molecule has 0 bridgehead atoms. The summed E-state index contributed by atoms with van der Waals surface area (Å²) in [5.74, 6) is 1.34. The Morgan fingerprint density at radius 3 is 1.41 bits per heavy atom. The van der Waals surface area contributed by atoms with Gasteiger partial charge in [-0.15, -0.1) is 0 Å². The van der Waals surface area contributed by atoms with Crippen molar-refractivity contribution in [3.8, 4) is 0 Å². The Bertz CT molecular complexity index is 1020. The highest BCUT2D eigenvalue weighted by molar-refractivity contribution is 8.13. The molecule has 0 spiro atoms. The van der Waals surface area contributed by atoms with Crippen molar-refractivity contribution in [1.29, 1.82) is 0 Å². The van der Waals surface area contributed by atoms with Crippen molar-refractivity contribution in [2.45, 2.75) is 65.7 Å². The molecular formula is C21H36F6N2O7S2Si. The van der Waals surface area contributed by atoms with Crippen LogP contribution in [0.1, 0.15) is 47.2 Å². The number of hydrogen-bond donors (Lipinski definition) is 0. The molecule has 1 aromatic rings. The Balaban J connectivity index is 0.000000830. The molecule has 18 heteroatoms. The molecule has 1 aromatic heterocycles. The summed E-state index contributed by atoms with van der Waals surface area (Å²) in [6.07, 6.45) is 2.74. The topological polar surface area (TPSA) is 114 Å². The van der Waals surface area contributed by atoms with Gasteiger partial charge in [-0.3, -0.25) is 0 Å². The van der Waals surface area contributed by atoms with Crippen LogP contribution in [0.4, 0.5) is 26.3 Å². The third kappa shape index (κ3) is 13.7. The monoisotopic (exact) mass is 634 g/mol. The Morgan fingerprint density at radius 2 is 1.13 bits per heavy atom. The molecule has 0 atom stereocenters. The first-order valence-electron chi connectivity index (χ1n) is 11.7. The summed E-state index contributed by atoms with van der Waals surface area (Å²) < 4.78 is 130. The van der Waals surface area contributed by atoms with E-state index >= 15 is 0 Å². The SMILES string of the molecule is Cc1cccc[n+]1C[Si](OCC(C)C)(OCC(C)C)OCC(C)C.O=S(=O)([N-]S(=O)(=O)C(F)(F)F)C(F)(F)F. The van der Waals surface area contributed by atoms with E-state index in [1.54, 1.807) is 0 Å². The number of nitrogens with zero attached hydrogens (tertiary/aromatic N) is 2. The van der Waals surface area contributed by atoms with Crippen molar-refractivity contribution in [2.24, 2.45) is 17.8 Å². The summed E-state index contributed by atoms with van der Waals surface area (Å²) in [4.78, 5) is 0. The first-order valence-corrected chi connectivity index (χ1v) is 16.5. The molecule has 0 aliphatic rings. The van der Waals surface area contributed by atoms with E-state index in [0.717, 1.165) is 4.13 Å². The van der Waals surface area contributed by atoms with Crippen LogP contribution in [0.3, 0.4) is 0 Å². The number of sulfonamides is 2. The number of hydrogen-bond acceptors (Lipinski definition) is 7. The fraction of sp³-hybridized carbons (Fsp3) is 0.762. The van der Waals surface area contributed by atoms with E-state index in [1.165, 1.54) is 5.69 Å². The van der Waals surface area contributed by atoms with Gasteiger partial charge in [-0.1, -0.05) is 47.6 Å². The van der Waals surface area contributed by atoms with Gasteiger partial charge in [0.1, 0.15) is 0 Å². The maximum Gasteiger partial charge on any atom is 0.570 e. The van der Waals surface area contributed by atoms with Gasteiger partial charge >= 0.3 is 19.8 Å². The molecule has 39 heavy (non-hydrogen) atoms. The third-order valence-corrected chi connectivity index (χ3v) is 9.51. The highest BCUT2D eigenvalue weighted by atomic mass is 32.3. The molecule has 0 amide bonds. The second-order valence-electron chi connectivity index (χ2n) is 9.68. The summed E-state index contributed by atoms with van der Waals surface area (Å²) in [5.41, 5.74) is -11.2. The number of halogens is 6. The van der Waals surface area contributed by atoms with Crippen LogP contribution in [-0.4, -0.2) is 56.5 Å². The lowest BCUT2D eigenvalue weighted by molar-refractivity contribution is -0.691. The molecule has 0 N–H and O–H groups in total. The minimum absolute atomic E-state index is 0.448. The lowest BCUT2D eigenvalue weighted by Gasteiger charge is -2.29. The first kappa shape index (κ1) is 37.7. The van der Waals surface area contributed by atoms with Crippen molar-refractivity contribution in [2.75, 3.05) is 19.8 Å². The average Bonchev–Trinajstić information content (AvgIpc) is 2.74. The van der Waals surface area contributed by atoms with Crippen molar-refractivity contribution in [3.05, 3.63) is 34.2 Å². The molecule has 1 rings (SSSR count). The zero-order chi connectivity index (χ0) is 30.9. The molecule has 230 valence electrons. The smallest absolute Gasteiger partial charge is 0.421 e. The van der Waals surface area contributed by atoms with E-state index < -0.39 is 39.9 Å². The average molecular weight is 635 g/mol. The quantitative estimate of drug-likeness (QED) is 0.173. The Hall–Kier alpha value is -1.31. The normalized spacial score (nSPS) is 13.6. The van der Waals surface area contributed by atoms with Crippen molar-refractivity contribution >= 4 is 28.9 Å². The summed E-state index contributed by atoms with van der Waals surface area (Å²) in [7, 11) is -16.2. The maximum atomic E-state index is 11.4. The third-order valence-electron chi connectivity index (χ3n) is 4.22. The number of aromatic nitrogens is 1. The van der Waals surface area contributed by atoms with Crippen LogP contribution in [-0.2, 0) is 39.5 Å². The molecular weight excluding hydrogens is 598 g/mol. The van der Waals surface area contributed by atoms with Gasteiger partial charge in [-0.05, 0) is 17.8 Å². The van der Waals surface area contributed by atoms with E-state index in [-0.39, 0.29) is 0 Å². The molecule has 0 aliphatic heterocycles. The van der Waals surface area contributed by atoms with Crippen LogP contribution in [0.2, 0.25) is 0 Å². The van der Waals surface area contributed by atoms with E-state index in [2.05, 4.69) is 65.3 Å². The van der Waals surface area contributed by atoms with Gasteiger partial charge in [-0.2, -0.15) is 30.9 Å². The van der Waals surface area contributed by atoms with Gasteiger partial charge in [0.2, 0.25) is 6.17 Å². The first-order chi connectivity index (χ1) is 17.4. The van der Waals surface area contributed by atoms with Gasteiger partial charge < -0.3 is 17.4 Å². The fourth-order valence-corrected chi connectivity index (χ4v) is 7.07. The summed E-state index contributed by atoms with van der Waals surface area (Å²) >= 11 is 0. The summed E-state index contributed by atoms with van der Waals surface area (Å²) in [5, 5.41) is 0. The largest absolute Gasteiger partial charge is 0.570 e. The van der Waals surface area contributed by atoms with Crippen LogP contribution < -0.4 is 4.57 Å². The number of aryl methyl sites for hydroxylation is 1. The van der Waals surface area contributed by atoms with Gasteiger partial charge in [0.25, 0.3) is 0 Å². The van der Waals surface area contributed by atoms with Crippen molar-refractivity contribution in [3.63, 3.8) is 0 Å². The van der Waals surface area contributed by atoms with E-state index in [4.69, 9.17) is 13.3 Å². The van der Waals surface area contributed by atoms with Gasteiger partial charge in [-0.25, -0.2) is 16.8 Å². The van der Waals surface area contributed by atoms with Crippen molar-refractivity contribution < 1.29 is 61.0 Å². The summed E-state index contributed by atoms with van der Waals surface area (Å²) in [6, 6.07) is 6.19. The van der Waals surface area contributed by atoms with Gasteiger partial charge in [0, 0.05) is 38.9 Å². The fourth-order valence-electron chi connectivity index (χ4n) is 2.30. The number of alkyl halides is 6. The highest BCUT2D eigenvalue weighted by Crippen LogP contribution is 2.36. The molecule has 0 fully saturated rings. The minimum atomic E-state index is -6.72. The Kier molecular flexibility index (Phi) is 14.6. The minimum Gasteiger partial charge on any atom is -0.421 e. The summed E-state index contributed by atoms with van der Waals surface area (Å²) in [6.45, 7) is 17.0. The van der Waals surface area contributed by atoms with E-state index in [1.807, 2.05) is 12.1 Å². The van der Waals surface area contributed by atoms with Crippen molar-refractivity contribution in [1.82, 2.24) is 0 Å². The van der Waals surface area contributed by atoms with Gasteiger partial charge in [0.05, 0.1) is 0 Å². The zero-order valence-corrected chi connectivity index (χ0v) is 25.3. The van der Waals surface area contributed by atoms with Crippen LogP contribution in [0, 0.1) is 24.7 Å². The molecule has 0 saturated carbocycles. The van der Waals surface area contributed by atoms with E-state index in [9.17, 15) is 43.2 Å². The molecule has 0 unspecified atom stereocenters. The van der Waals surface area contributed by atoms with E-state index in [0.29, 0.717) is 43.7 Å². The standard InChI is InChI=1S/C19H36NO3Si.C2F6NO4S2/c1-16(2)12-21-24(22-13-17(3)4,23-14-18(5)6)15-20-11-9-8-10-19(20)7;3-1(4,5)14(10,11)9-15(12,13)2(6,7)8/h8-11,16-18H,12-15H2,1-7H3;/q+1;-1. The molecule has 1 heterocycles. The van der Waals surface area contributed by atoms with Gasteiger partial charge in [0.15, 0.2) is 31.9 Å². The zero-order valence-electron chi connectivity index (χ0n) is 22.7. The maximum absolute atomic E-state index is 11.4. The Morgan fingerprint density at radius 1 is 0.769 bits per heavy atom. The molecule has 0 aliphatic carbocycles. The van der Waals surface area contributed by atoms with Crippen LogP contribution in [0.25, 0.3) is 4.13 Å². The number of pyridine rings is 1.